The zero-order valence-electron chi connectivity index (χ0n) is 11.4. The van der Waals surface area contributed by atoms with Gasteiger partial charge in [0.15, 0.2) is 0 Å². The predicted molar refractivity (Wildman–Crippen MR) is 93.0 cm³/mol. The molecule has 4 rings (SSSR count). The van der Waals surface area contributed by atoms with Gasteiger partial charge in [-0.15, -0.1) is 0 Å². The molecule has 2 aromatic carbocycles. The maximum atomic E-state index is 7.05. The second-order valence-electron chi connectivity index (χ2n) is 5.55. The van der Waals surface area contributed by atoms with Crippen molar-refractivity contribution < 1.29 is 0 Å². The summed E-state index contributed by atoms with van der Waals surface area (Å²) in [5, 5.41) is 0. The van der Waals surface area contributed by atoms with Gasteiger partial charge in [-0.2, -0.15) is 0 Å². The van der Waals surface area contributed by atoms with Crippen LogP contribution in [0.15, 0.2) is 71.2 Å². The average Bonchev–Trinajstić information content (AvgIpc) is 3.14. The summed E-state index contributed by atoms with van der Waals surface area (Å²) in [5.41, 5.74) is 5.19. The van der Waals surface area contributed by atoms with E-state index in [1.807, 2.05) is 0 Å². The number of halogens is 2. The molecular weight excluding hydrogens is 360 g/mol. The molecule has 0 radical (unpaired) electrons. The van der Waals surface area contributed by atoms with Gasteiger partial charge in [0.1, 0.15) is 0 Å². The normalized spacial score (nSPS) is 16.8. The molecule has 0 saturated carbocycles. The van der Waals surface area contributed by atoms with Gasteiger partial charge in [0.05, 0.1) is 0 Å². The van der Waals surface area contributed by atoms with Crippen molar-refractivity contribution in [3.05, 3.63) is 82.3 Å². The Bertz CT molecular complexity index is 729. The Morgan fingerprint density at radius 3 is 1.95 bits per heavy atom. The van der Waals surface area contributed by atoms with E-state index in [2.05, 4.69) is 66.8 Å². The summed E-state index contributed by atoms with van der Waals surface area (Å²) in [5.74, 6) is 0. The fourth-order valence-corrected chi connectivity index (χ4v) is 12.3. The number of fused-ring (bicyclic) bond motifs is 3. The van der Waals surface area contributed by atoms with Gasteiger partial charge in [-0.05, 0) is 0 Å². The van der Waals surface area contributed by atoms with E-state index in [1.165, 1.54) is 26.7 Å². The summed E-state index contributed by atoms with van der Waals surface area (Å²) in [6.07, 6.45) is 7.26. The molecule has 0 unspecified atom stereocenters. The number of hydrogen-bond acceptors (Lipinski definition) is 0. The summed E-state index contributed by atoms with van der Waals surface area (Å²) >= 11 is -3.19. The van der Waals surface area contributed by atoms with Crippen LogP contribution in [-0.2, 0) is 0 Å². The molecule has 0 N–H and O–H groups in total. The van der Waals surface area contributed by atoms with Crippen LogP contribution < -0.4 is 0 Å². The van der Waals surface area contributed by atoms with E-state index in [0.717, 1.165) is 6.42 Å². The van der Waals surface area contributed by atoms with E-state index >= 15 is 0 Å². The molecule has 2 aromatic rings. The van der Waals surface area contributed by atoms with Gasteiger partial charge in [0, 0.05) is 0 Å². The average molecular weight is 374 g/mol. The molecule has 104 valence electrons. The van der Waals surface area contributed by atoms with Crippen LogP contribution in [0.3, 0.4) is 0 Å². The fourth-order valence-electron chi connectivity index (χ4n) is 3.43. The van der Waals surface area contributed by atoms with Crippen molar-refractivity contribution >= 4 is 31.4 Å². The summed E-state index contributed by atoms with van der Waals surface area (Å²) in [6.45, 7) is 0. The Balaban J connectivity index is 1.93. The monoisotopic (exact) mass is 374 g/mol. The zero-order chi connectivity index (χ0) is 14.4. The van der Waals surface area contributed by atoms with Crippen LogP contribution in [0.2, 0.25) is 0 Å². The summed E-state index contributed by atoms with van der Waals surface area (Å²) in [4.78, 5) is 0. The van der Waals surface area contributed by atoms with Gasteiger partial charge in [0.25, 0.3) is 0 Å². The van der Waals surface area contributed by atoms with Crippen LogP contribution >= 0.6 is 20.0 Å². The molecule has 0 aliphatic heterocycles. The molecule has 0 bridgehead atoms. The first kappa shape index (κ1) is 13.7. The Labute approximate surface area is 135 Å². The molecule has 3 heteroatoms. The molecule has 0 nitrogen and oxygen atoms in total. The van der Waals surface area contributed by atoms with Crippen LogP contribution in [0.25, 0.3) is 11.1 Å². The van der Waals surface area contributed by atoms with Crippen LogP contribution in [0, 0.1) is 0 Å². The molecule has 0 saturated heterocycles. The Kier molecular flexibility index (Phi) is 3.29. The molecular formula is C18H14Cl2Ge. The Hall–Kier alpha value is -0.957. The van der Waals surface area contributed by atoms with Crippen molar-refractivity contribution in [1.82, 2.24) is 0 Å². The first-order valence-corrected chi connectivity index (χ1v) is 14.9. The van der Waals surface area contributed by atoms with Gasteiger partial charge in [-0.25, -0.2) is 0 Å². The maximum absolute atomic E-state index is 7.05. The van der Waals surface area contributed by atoms with Crippen LogP contribution in [0.5, 0.6) is 0 Å². The van der Waals surface area contributed by atoms with Gasteiger partial charge in [-0.1, -0.05) is 0 Å². The van der Waals surface area contributed by atoms with E-state index in [9.17, 15) is 0 Å². The molecule has 0 fully saturated rings. The van der Waals surface area contributed by atoms with Gasteiger partial charge in [0.2, 0.25) is 0 Å². The van der Waals surface area contributed by atoms with Crippen LogP contribution in [0.1, 0.15) is 22.3 Å². The first-order valence-electron chi connectivity index (χ1n) is 7.12. The van der Waals surface area contributed by atoms with E-state index in [4.69, 9.17) is 20.0 Å². The SMILES string of the molecule is [Cl][Ge]([Cl])([C]1=CC=CC1)[CH]1c2ccccc2-c2ccccc21. The number of benzene rings is 2. The Morgan fingerprint density at radius 2 is 1.43 bits per heavy atom. The van der Waals surface area contributed by atoms with Crippen molar-refractivity contribution in [3.63, 3.8) is 0 Å². The van der Waals surface area contributed by atoms with Gasteiger partial charge < -0.3 is 0 Å². The second-order valence-corrected chi connectivity index (χ2v) is 17.9. The molecule has 0 amide bonds. The summed E-state index contributed by atoms with van der Waals surface area (Å²) in [7, 11) is 14.1. The molecule has 21 heavy (non-hydrogen) atoms. The van der Waals surface area contributed by atoms with Gasteiger partial charge in [-0.3, -0.25) is 0 Å². The first-order chi connectivity index (χ1) is 10.2. The van der Waals surface area contributed by atoms with E-state index in [1.54, 1.807) is 0 Å². The zero-order valence-corrected chi connectivity index (χ0v) is 15.0. The van der Waals surface area contributed by atoms with E-state index in [0.29, 0.717) is 0 Å². The number of rotatable bonds is 2. The van der Waals surface area contributed by atoms with Crippen LogP contribution in [0.4, 0.5) is 0 Å². The third kappa shape index (κ3) is 2.04. The second kappa shape index (κ2) is 5.05. The topological polar surface area (TPSA) is 0 Å². The molecule has 0 atom stereocenters. The molecule has 0 heterocycles. The molecule has 2 aliphatic rings. The summed E-state index contributed by atoms with van der Waals surface area (Å²) < 4.78 is 1.43. The quantitative estimate of drug-likeness (QED) is 0.594. The number of allylic oxidation sites excluding steroid dienone is 4. The molecule has 0 aromatic heterocycles. The van der Waals surface area contributed by atoms with E-state index in [-0.39, 0.29) is 4.75 Å². The summed E-state index contributed by atoms with van der Waals surface area (Å²) in [6, 6.07) is 17.1. The molecule has 0 spiro atoms. The van der Waals surface area contributed by atoms with Crippen molar-refractivity contribution in [2.24, 2.45) is 0 Å². The fraction of sp³-hybridized carbons (Fsp3) is 0.111. The van der Waals surface area contributed by atoms with Crippen molar-refractivity contribution in [2.75, 3.05) is 0 Å². The number of hydrogen-bond donors (Lipinski definition) is 0. The van der Waals surface area contributed by atoms with Crippen molar-refractivity contribution in [1.29, 1.82) is 0 Å². The standard InChI is InChI=1S/C18H14Cl2Ge/c19-21(20,13-7-1-2-8-13)18-16-11-5-3-9-14(16)15-10-4-6-12-17(15)18/h1-7,9-12,18H,8H2. The third-order valence-corrected chi connectivity index (χ3v) is 14.6. The third-order valence-electron chi connectivity index (χ3n) is 4.40. The Morgan fingerprint density at radius 1 is 0.857 bits per heavy atom. The van der Waals surface area contributed by atoms with E-state index < -0.39 is 11.4 Å². The minimum absolute atomic E-state index is 0.173. The van der Waals surface area contributed by atoms with Crippen molar-refractivity contribution in [3.8, 4) is 11.1 Å². The molecule has 2 aliphatic carbocycles. The van der Waals surface area contributed by atoms with Crippen LogP contribution in [-0.4, -0.2) is 11.4 Å². The van der Waals surface area contributed by atoms with Gasteiger partial charge >= 0.3 is 136 Å². The minimum atomic E-state index is -3.19. The van der Waals surface area contributed by atoms with Crippen molar-refractivity contribution in [2.45, 2.75) is 11.2 Å². The predicted octanol–water partition coefficient (Wildman–Crippen LogP) is 5.68.